The van der Waals surface area contributed by atoms with E-state index in [1.807, 2.05) is 9.80 Å². The highest BCUT2D eigenvalue weighted by Crippen LogP contribution is 2.18. The Morgan fingerprint density at radius 2 is 2.05 bits per heavy atom. The Morgan fingerprint density at radius 1 is 1.32 bits per heavy atom. The van der Waals surface area contributed by atoms with E-state index in [0.29, 0.717) is 32.0 Å². The third kappa shape index (κ3) is 2.40. The monoisotopic (exact) mass is 264 g/mol. The van der Waals surface area contributed by atoms with Crippen molar-refractivity contribution in [3.63, 3.8) is 0 Å². The summed E-state index contributed by atoms with van der Waals surface area (Å²) in [5.41, 5.74) is 0. The highest BCUT2D eigenvalue weighted by atomic mass is 19.1. The molecule has 0 saturated carbocycles. The van der Waals surface area contributed by atoms with Crippen LogP contribution in [0.1, 0.15) is 0 Å². The number of piperazine rings is 1. The number of rotatable bonds is 2. The number of halogens is 1. The van der Waals surface area contributed by atoms with Gasteiger partial charge in [-0.2, -0.15) is 0 Å². The standard InChI is InChI=1S/C13H17FN4O/c14-11-2-1-3-16-12(11)17-4-6-18(7-5-17)13(19)10-8-15-9-10/h1-3,10,15H,4-9H2. The van der Waals surface area contributed by atoms with Crippen LogP contribution in [0.3, 0.4) is 0 Å². The maximum absolute atomic E-state index is 13.6. The summed E-state index contributed by atoms with van der Waals surface area (Å²) in [5.74, 6) is 0.448. The van der Waals surface area contributed by atoms with Gasteiger partial charge >= 0.3 is 0 Å². The highest BCUT2D eigenvalue weighted by molar-refractivity contribution is 5.80. The van der Waals surface area contributed by atoms with Crippen molar-refractivity contribution in [2.24, 2.45) is 5.92 Å². The molecule has 0 bridgehead atoms. The number of pyridine rings is 1. The first-order valence-corrected chi connectivity index (χ1v) is 6.60. The number of amides is 1. The minimum atomic E-state index is -0.300. The summed E-state index contributed by atoms with van der Waals surface area (Å²) in [4.78, 5) is 19.9. The molecule has 0 aromatic carbocycles. The van der Waals surface area contributed by atoms with Crippen molar-refractivity contribution in [3.05, 3.63) is 24.1 Å². The van der Waals surface area contributed by atoms with Gasteiger partial charge in [0.15, 0.2) is 11.6 Å². The van der Waals surface area contributed by atoms with Crippen LogP contribution in [0.4, 0.5) is 10.2 Å². The number of carbonyl (C=O) groups is 1. The predicted octanol–water partition coefficient (Wildman–Crippen LogP) is 0.0887. The van der Waals surface area contributed by atoms with E-state index in [0.717, 1.165) is 13.1 Å². The number of hydrogen-bond donors (Lipinski definition) is 1. The van der Waals surface area contributed by atoms with Crippen LogP contribution in [0.2, 0.25) is 0 Å². The molecule has 2 fully saturated rings. The predicted molar refractivity (Wildman–Crippen MR) is 69.3 cm³/mol. The zero-order chi connectivity index (χ0) is 13.2. The van der Waals surface area contributed by atoms with Gasteiger partial charge < -0.3 is 15.1 Å². The van der Waals surface area contributed by atoms with Crippen LogP contribution in [-0.4, -0.2) is 55.1 Å². The van der Waals surface area contributed by atoms with E-state index in [4.69, 9.17) is 0 Å². The first-order chi connectivity index (χ1) is 9.25. The van der Waals surface area contributed by atoms with Gasteiger partial charge in [0.1, 0.15) is 0 Å². The molecule has 19 heavy (non-hydrogen) atoms. The molecule has 3 heterocycles. The van der Waals surface area contributed by atoms with Crippen molar-refractivity contribution in [3.8, 4) is 0 Å². The minimum absolute atomic E-state index is 0.137. The Morgan fingerprint density at radius 3 is 2.63 bits per heavy atom. The van der Waals surface area contributed by atoms with Crippen molar-refractivity contribution < 1.29 is 9.18 Å². The van der Waals surface area contributed by atoms with Crippen molar-refractivity contribution in [2.75, 3.05) is 44.2 Å². The molecule has 6 heteroatoms. The van der Waals surface area contributed by atoms with E-state index < -0.39 is 0 Å². The van der Waals surface area contributed by atoms with Crippen LogP contribution < -0.4 is 10.2 Å². The summed E-state index contributed by atoms with van der Waals surface area (Å²) in [5, 5.41) is 3.11. The largest absolute Gasteiger partial charge is 0.351 e. The normalized spacial score (nSPS) is 20.3. The summed E-state index contributed by atoms with van der Waals surface area (Å²) >= 11 is 0. The Hall–Kier alpha value is -1.69. The van der Waals surface area contributed by atoms with Gasteiger partial charge in [-0.3, -0.25) is 4.79 Å². The van der Waals surface area contributed by atoms with E-state index >= 15 is 0 Å². The lowest BCUT2D eigenvalue weighted by atomic mass is 10.0. The molecule has 0 radical (unpaired) electrons. The van der Waals surface area contributed by atoms with E-state index in [9.17, 15) is 9.18 Å². The summed E-state index contributed by atoms with van der Waals surface area (Å²) in [6.07, 6.45) is 1.59. The molecule has 1 N–H and O–H groups in total. The number of nitrogens with zero attached hydrogens (tertiary/aromatic N) is 3. The second kappa shape index (κ2) is 5.13. The number of hydrogen-bond acceptors (Lipinski definition) is 4. The van der Waals surface area contributed by atoms with E-state index in [-0.39, 0.29) is 17.6 Å². The molecule has 0 unspecified atom stereocenters. The van der Waals surface area contributed by atoms with Gasteiger partial charge in [0.05, 0.1) is 5.92 Å². The Kier molecular flexibility index (Phi) is 3.33. The average molecular weight is 264 g/mol. The lowest BCUT2D eigenvalue weighted by molar-refractivity contribution is -0.137. The summed E-state index contributed by atoms with van der Waals surface area (Å²) in [6.45, 7) is 4.14. The average Bonchev–Trinajstić information content (AvgIpc) is 2.37. The number of nitrogens with one attached hydrogen (secondary N) is 1. The fourth-order valence-corrected chi connectivity index (χ4v) is 2.47. The van der Waals surface area contributed by atoms with Gasteiger partial charge in [-0.1, -0.05) is 0 Å². The molecular formula is C13H17FN4O. The molecule has 2 aliphatic rings. The molecule has 3 rings (SSSR count). The molecule has 0 aliphatic carbocycles. The first kappa shape index (κ1) is 12.3. The Balaban J connectivity index is 1.60. The van der Waals surface area contributed by atoms with Crippen LogP contribution in [0.15, 0.2) is 18.3 Å². The second-order valence-electron chi connectivity index (χ2n) is 4.98. The summed E-state index contributed by atoms with van der Waals surface area (Å²) in [7, 11) is 0. The van der Waals surface area contributed by atoms with Crippen molar-refractivity contribution >= 4 is 11.7 Å². The molecule has 0 spiro atoms. The Bertz CT molecular complexity index is 469. The zero-order valence-corrected chi connectivity index (χ0v) is 10.7. The quantitative estimate of drug-likeness (QED) is 0.822. The molecule has 1 amide bonds. The van der Waals surface area contributed by atoms with Gasteiger partial charge in [-0.25, -0.2) is 9.37 Å². The minimum Gasteiger partial charge on any atom is -0.351 e. The van der Waals surface area contributed by atoms with E-state index in [1.54, 1.807) is 12.3 Å². The third-order valence-electron chi connectivity index (χ3n) is 3.76. The van der Waals surface area contributed by atoms with Crippen LogP contribution in [0.25, 0.3) is 0 Å². The SMILES string of the molecule is O=C(C1CNC1)N1CCN(c2ncccc2F)CC1. The summed E-state index contributed by atoms with van der Waals surface area (Å²) < 4.78 is 13.6. The van der Waals surface area contributed by atoms with Crippen LogP contribution in [-0.2, 0) is 4.79 Å². The van der Waals surface area contributed by atoms with E-state index in [1.165, 1.54) is 6.07 Å². The van der Waals surface area contributed by atoms with Crippen molar-refractivity contribution in [2.45, 2.75) is 0 Å². The van der Waals surface area contributed by atoms with Crippen molar-refractivity contribution in [1.29, 1.82) is 0 Å². The lowest BCUT2D eigenvalue weighted by Gasteiger charge is -2.38. The molecular weight excluding hydrogens is 247 g/mol. The highest BCUT2D eigenvalue weighted by Gasteiger charge is 2.31. The number of aromatic nitrogens is 1. The molecule has 0 atom stereocenters. The van der Waals surface area contributed by atoms with Gasteiger partial charge in [-0.05, 0) is 12.1 Å². The maximum Gasteiger partial charge on any atom is 0.228 e. The topological polar surface area (TPSA) is 48.5 Å². The summed E-state index contributed by atoms with van der Waals surface area (Å²) in [6, 6.07) is 3.00. The number of anilines is 1. The Labute approximate surface area is 111 Å². The maximum atomic E-state index is 13.6. The van der Waals surface area contributed by atoms with Crippen molar-refractivity contribution in [1.82, 2.24) is 15.2 Å². The molecule has 2 aliphatic heterocycles. The second-order valence-corrected chi connectivity index (χ2v) is 4.98. The van der Waals surface area contributed by atoms with Crippen LogP contribution >= 0.6 is 0 Å². The van der Waals surface area contributed by atoms with Gasteiger partial charge in [-0.15, -0.1) is 0 Å². The third-order valence-corrected chi connectivity index (χ3v) is 3.76. The number of carbonyl (C=O) groups excluding carboxylic acids is 1. The smallest absolute Gasteiger partial charge is 0.228 e. The zero-order valence-electron chi connectivity index (χ0n) is 10.7. The van der Waals surface area contributed by atoms with E-state index in [2.05, 4.69) is 10.3 Å². The molecule has 102 valence electrons. The molecule has 2 saturated heterocycles. The van der Waals surface area contributed by atoms with Crippen LogP contribution in [0.5, 0.6) is 0 Å². The fourth-order valence-electron chi connectivity index (χ4n) is 2.47. The lowest BCUT2D eigenvalue weighted by Crippen LogP contribution is -2.56. The van der Waals surface area contributed by atoms with Gasteiger partial charge in [0.2, 0.25) is 5.91 Å². The molecule has 1 aromatic rings. The van der Waals surface area contributed by atoms with Gasteiger partial charge in [0, 0.05) is 45.5 Å². The fraction of sp³-hybridized carbons (Fsp3) is 0.538. The molecule has 5 nitrogen and oxygen atoms in total. The van der Waals surface area contributed by atoms with Crippen LogP contribution in [0, 0.1) is 11.7 Å². The first-order valence-electron chi connectivity index (χ1n) is 6.60. The molecule has 1 aromatic heterocycles. The van der Waals surface area contributed by atoms with Gasteiger partial charge in [0.25, 0.3) is 0 Å².